The largest absolute Gasteiger partial charge is 0.302 e. The Balaban J connectivity index is 1.92. The average Bonchev–Trinajstić information content (AvgIpc) is 3.33. The molecule has 9 heteroatoms. The summed E-state index contributed by atoms with van der Waals surface area (Å²) in [6, 6.07) is 10.6. The fourth-order valence-electron chi connectivity index (χ4n) is 4.44. The molecule has 0 saturated heterocycles. The number of carbonyl (C=O) groups excluding carboxylic acids is 1. The van der Waals surface area contributed by atoms with E-state index < -0.39 is 10.0 Å². The molecule has 2 aromatic carbocycles. The lowest BCUT2D eigenvalue weighted by atomic mass is 10.1. The predicted octanol–water partition coefficient (Wildman–Crippen LogP) is 6.49. The van der Waals surface area contributed by atoms with Gasteiger partial charge < -0.3 is 4.90 Å². The first kappa shape index (κ1) is 31.2. The van der Waals surface area contributed by atoms with Crippen LogP contribution in [0.5, 0.6) is 0 Å². The monoisotopic (exact) mass is 572 g/mol. The Morgan fingerprint density at radius 3 is 2.00 bits per heavy atom. The van der Waals surface area contributed by atoms with Crippen molar-refractivity contribution in [1.29, 1.82) is 0 Å². The fraction of sp³-hybridized carbons (Fsp3) is 0.533. The number of fused-ring (bicyclic) bond motifs is 1. The van der Waals surface area contributed by atoms with E-state index in [1.807, 2.05) is 0 Å². The van der Waals surface area contributed by atoms with Gasteiger partial charge >= 0.3 is 0 Å². The number of benzene rings is 2. The highest BCUT2D eigenvalue weighted by Crippen LogP contribution is 2.32. The maximum Gasteiger partial charge on any atom is 0.260 e. The van der Waals surface area contributed by atoms with Gasteiger partial charge in [-0.1, -0.05) is 51.9 Å². The lowest BCUT2D eigenvalue weighted by molar-refractivity contribution is 0.0983. The van der Waals surface area contributed by atoms with Crippen LogP contribution in [0.3, 0.4) is 0 Å². The number of thiazole rings is 1. The number of hydrogen-bond acceptors (Lipinski definition) is 6. The van der Waals surface area contributed by atoms with Crippen LogP contribution < -0.4 is 4.90 Å². The van der Waals surface area contributed by atoms with E-state index >= 15 is 0 Å². The molecule has 0 N–H and O–H groups in total. The van der Waals surface area contributed by atoms with Crippen molar-refractivity contribution in [3.05, 3.63) is 53.1 Å². The molecule has 1 aromatic heterocycles. The summed E-state index contributed by atoms with van der Waals surface area (Å²) >= 11 is 1.52. The number of amides is 1. The van der Waals surface area contributed by atoms with Crippen molar-refractivity contribution in [3.8, 4) is 0 Å². The molecule has 3 aromatic rings. The Morgan fingerprint density at radius 1 is 0.846 bits per heavy atom. The molecule has 1 heterocycles. The predicted molar refractivity (Wildman–Crippen MR) is 164 cm³/mol. The maximum atomic E-state index is 13.8. The quantitative estimate of drug-likeness (QED) is 0.208. The summed E-state index contributed by atoms with van der Waals surface area (Å²) in [5.74, 6) is -0.174. The number of aryl methyl sites for hydroxylation is 2. The van der Waals surface area contributed by atoms with E-state index in [0.717, 1.165) is 55.5 Å². The van der Waals surface area contributed by atoms with Gasteiger partial charge in [-0.25, -0.2) is 13.4 Å². The second-order valence-electron chi connectivity index (χ2n) is 10.0. The van der Waals surface area contributed by atoms with Crippen LogP contribution in [0.4, 0.5) is 5.13 Å². The summed E-state index contributed by atoms with van der Waals surface area (Å²) in [4.78, 5) is 22.9. The molecule has 214 valence electrons. The number of likely N-dealkylation sites (N-methyl/N-ethyl adjacent to an activating group) is 1. The van der Waals surface area contributed by atoms with Crippen molar-refractivity contribution in [2.45, 2.75) is 72.1 Å². The molecule has 0 aliphatic rings. The maximum absolute atomic E-state index is 13.8. The molecule has 0 bridgehead atoms. The Bertz CT molecular complexity index is 1290. The highest BCUT2D eigenvalue weighted by atomic mass is 32.2. The standard InChI is InChI=1S/C30H44N4O3S2/c1-7-11-17-33(18-12-8-2)39(36,37)26-15-13-25(14-16-26)29(35)34(20-19-32(9-3)10-4)30-31-27-21-23(5)24(6)22-28(27)38-30/h13-16,21-22H,7-12,17-20H2,1-6H3. The van der Waals surface area contributed by atoms with E-state index in [1.165, 1.54) is 22.5 Å². The van der Waals surface area contributed by atoms with Gasteiger partial charge in [0.1, 0.15) is 0 Å². The summed E-state index contributed by atoms with van der Waals surface area (Å²) < 4.78 is 29.4. The minimum atomic E-state index is -3.62. The number of nitrogens with zero attached hydrogens (tertiary/aromatic N) is 4. The van der Waals surface area contributed by atoms with Gasteiger partial charge in [0, 0.05) is 31.7 Å². The van der Waals surface area contributed by atoms with E-state index in [2.05, 4.69) is 58.6 Å². The van der Waals surface area contributed by atoms with Crippen molar-refractivity contribution in [3.63, 3.8) is 0 Å². The first-order valence-corrected chi connectivity index (χ1v) is 16.4. The number of hydrogen-bond donors (Lipinski definition) is 0. The molecule has 0 saturated carbocycles. The fourth-order valence-corrected chi connectivity index (χ4v) is 7.03. The van der Waals surface area contributed by atoms with Crippen LogP contribution in [0.15, 0.2) is 41.3 Å². The summed E-state index contributed by atoms with van der Waals surface area (Å²) in [6.45, 7) is 16.5. The molecule has 0 unspecified atom stereocenters. The molecular formula is C30H44N4O3S2. The van der Waals surface area contributed by atoms with Crippen LogP contribution in [0.1, 0.15) is 74.9 Å². The molecule has 0 aliphatic heterocycles. The lowest BCUT2D eigenvalue weighted by Crippen LogP contribution is -2.39. The van der Waals surface area contributed by atoms with Crippen molar-refractivity contribution in [2.24, 2.45) is 0 Å². The van der Waals surface area contributed by atoms with Crippen molar-refractivity contribution in [2.75, 3.05) is 44.2 Å². The Morgan fingerprint density at radius 2 is 1.44 bits per heavy atom. The minimum Gasteiger partial charge on any atom is -0.302 e. The van der Waals surface area contributed by atoms with Crippen LogP contribution in [-0.2, 0) is 10.0 Å². The van der Waals surface area contributed by atoms with Crippen LogP contribution in [0.25, 0.3) is 10.2 Å². The first-order valence-electron chi connectivity index (χ1n) is 14.2. The lowest BCUT2D eigenvalue weighted by Gasteiger charge is -2.25. The third kappa shape index (κ3) is 7.66. The van der Waals surface area contributed by atoms with E-state index in [0.29, 0.717) is 30.3 Å². The SMILES string of the molecule is CCCCN(CCCC)S(=O)(=O)c1ccc(C(=O)N(CCN(CC)CC)c2nc3cc(C)c(C)cc3s2)cc1. The van der Waals surface area contributed by atoms with Gasteiger partial charge in [-0.15, -0.1) is 0 Å². The number of rotatable bonds is 15. The van der Waals surface area contributed by atoms with Gasteiger partial charge in [0.05, 0.1) is 15.1 Å². The molecule has 7 nitrogen and oxygen atoms in total. The third-order valence-electron chi connectivity index (χ3n) is 7.26. The molecule has 0 radical (unpaired) electrons. The zero-order valence-electron chi connectivity index (χ0n) is 24.4. The van der Waals surface area contributed by atoms with E-state index in [-0.39, 0.29) is 10.8 Å². The van der Waals surface area contributed by atoms with Crippen molar-refractivity contribution >= 4 is 42.6 Å². The van der Waals surface area contributed by atoms with E-state index in [9.17, 15) is 13.2 Å². The van der Waals surface area contributed by atoms with Crippen molar-refractivity contribution < 1.29 is 13.2 Å². The average molecular weight is 573 g/mol. The Kier molecular flexibility index (Phi) is 11.5. The van der Waals surface area contributed by atoms with Gasteiger partial charge in [-0.2, -0.15) is 4.31 Å². The van der Waals surface area contributed by atoms with Crippen LogP contribution in [-0.4, -0.2) is 67.8 Å². The topological polar surface area (TPSA) is 73.8 Å². The second kappa shape index (κ2) is 14.3. The zero-order valence-corrected chi connectivity index (χ0v) is 26.0. The van der Waals surface area contributed by atoms with E-state index in [4.69, 9.17) is 4.98 Å². The Hall–Kier alpha value is -2.33. The normalized spacial score (nSPS) is 12.1. The summed E-state index contributed by atoms with van der Waals surface area (Å²) in [7, 11) is -3.62. The van der Waals surface area contributed by atoms with Gasteiger partial charge in [-0.05, 0) is 87.3 Å². The summed E-state index contributed by atoms with van der Waals surface area (Å²) in [5.41, 5.74) is 3.71. The molecule has 3 rings (SSSR count). The smallest absolute Gasteiger partial charge is 0.260 e. The molecule has 0 atom stereocenters. The number of sulfonamides is 1. The zero-order chi connectivity index (χ0) is 28.6. The van der Waals surface area contributed by atoms with E-state index in [1.54, 1.807) is 33.5 Å². The van der Waals surface area contributed by atoms with Crippen LogP contribution in [0, 0.1) is 13.8 Å². The molecule has 0 fully saturated rings. The summed E-state index contributed by atoms with van der Waals surface area (Å²) in [5, 5.41) is 0.661. The molecule has 39 heavy (non-hydrogen) atoms. The number of anilines is 1. The Labute approximate surface area is 238 Å². The minimum absolute atomic E-state index is 0.174. The third-order valence-corrected chi connectivity index (χ3v) is 10.2. The van der Waals surface area contributed by atoms with Gasteiger partial charge in [0.2, 0.25) is 10.0 Å². The second-order valence-corrected chi connectivity index (χ2v) is 13.0. The number of aromatic nitrogens is 1. The van der Waals surface area contributed by atoms with Crippen LogP contribution >= 0.6 is 11.3 Å². The van der Waals surface area contributed by atoms with Gasteiger partial charge in [-0.3, -0.25) is 9.69 Å². The number of carbonyl (C=O) groups is 1. The van der Waals surface area contributed by atoms with Gasteiger partial charge in [0.25, 0.3) is 5.91 Å². The first-order chi connectivity index (χ1) is 18.7. The molecular weight excluding hydrogens is 528 g/mol. The van der Waals surface area contributed by atoms with Crippen LogP contribution in [0.2, 0.25) is 0 Å². The molecule has 0 spiro atoms. The van der Waals surface area contributed by atoms with Crippen molar-refractivity contribution in [1.82, 2.24) is 14.2 Å². The summed E-state index contributed by atoms with van der Waals surface area (Å²) in [6.07, 6.45) is 3.50. The number of unbranched alkanes of at least 4 members (excludes halogenated alkanes) is 2. The molecule has 0 aliphatic carbocycles. The van der Waals surface area contributed by atoms with Gasteiger partial charge in [0.15, 0.2) is 5.13 Å². The molecule has 1 amide bonds. The highest BCUT2D eigenvalue weighted by molar-refractivity contribution is 7.89. The highest BCUT2D eigenvalue weighted by Gasteiger charge is 2.26.